The highest BCUT2D eigenvalue weighted by atomic mass is 35.5. The topological polar surface area (TPSA) is 101 Å². The van der Waals surface area contributed by atoms with E-state index in [0.29, 0.717) is 11.6 Å². The molecule has 0 spiro atoms. The highest BCUT2D eigenvalue weighted by Gasteiger charge is 2.27. The fraction of sp³-hybridized carbons (Fsp3) is 0.357. The molecule has 0 aliphatic heterocycles. The number of aliphatic hydroxyl groups excluding tert-OH is 3. The molecule has 0 bridgehead atoms. The van der Waals surface area contributed by atoms with Crippen LogP contribution in [-0.4, -0.2) is 50.9 Å². The molecule has 0 fully saturated rings. The lowest BCUT2D eigenvalue weighted by Gasteiger charge is -2.28. The van der Waals surface area contributed by atoms with Gasteiger partial charge in [0.25, 0.3) is 0 Å². The van der Waals surface area contributed by atoms with Gasteiger partial charge in [0.2, 0.25) is 0 Å². The summed E-state index contributed by atoms with van der Waals surface area (Å²) in [6.07, 6.45) is 1.66. The first-order valence-electron chi connectivity index (χ1n) is 6.50. The van der Waals surface area contributed by atoms with Gasteiger partial charge >= 0.3 is 0 Å². The number of aromatic amines is 1. The summed E-state index contributed by atoms with van der Waals surface area (Å²) in [6.45, 7) is -0.757. The molecule has 21 heavy (non-hydrogen) atoms. The van der Waals surface area contributed by atoms with Crippen molar-refractivity contribution in [1.29, 1.82) is 0 Å². The summed E-state index contributed by atoms with van der Waals surface area (Å²) in [5.74, 6) is 0. The van der Waals surface area contributed by atoms with Gasteiger partial charge in [-0.05, 0) is 17.7 Å². The van der Waals surface area contributed by atoms with Gasteiger partial charge < -0.3 is 20.6 Å². The average Bonchev–Trinajstić information content (AvgIpc) is 2.99. The Morgan fingerprint density at radius 3 is 2.29 bits per heavy atom. The quantitative estimate of drug-likeness (QED) is 0.513. The third-order valence-electron chi connectivity index (χ3n) is 3.41. The summed E-state index contributed by atoms with van der Waals surface area (Å²) in [4.78, 5) is 0. The van der Waals surface area contributed by atoms with E-state index < -0.39 is 5.54 Å². The smallest absolute Gasteiger partial charge is 0.0884 e. The summed E-state index contributed by atoms with van der Waals surface area (Å²) in [7, 11) is 0. The van der Waals surface area contributed by atoms with E-state index in [1.807, 2.05) is 12.1 Å². The van der Waals surface area contributed by atoms with Crippen LogP contribution in [0, 0.1) is 0 Å². The molecule has 5 N–H and O–H groups in total. The van der Waals surface area contributed by atoms with Crippen LogP contribution in [0.3, 0.4) is 0 Å². The first-order valence-corrected chi connectivity index (χ1v) is 6.88. The van der Waals surface area contributed by atoms with Gasteiger partial charge in [0.15, 0.2) is 0 Å². The highest BCUT2D eigenvalue weighted by molar-refractivity contribution is 6.30. The maximum atomic E-state index is 9.30. The van der Waals surface area contributed by atoms with E-state index in [9.17, 15) is 15.3 Å². The molecule has 7 heteroatoms. The van der Waals surface area contributed by atoms with E-state index >= 15 is 0 Å². The number of H-pyrrole nitrogens is 1. The minimum absolute atomic E-state index is 0.343. The third kappa shape index (κ3) is 3.61. The lowest BCUT2D eigenvalue weighted by Crippen LogP contribution is -2.54. The Labute approximate surface area is 127 Å². The zero-order valence-corrected chi connectivity index (χ0v) is 12.1. The monoisotopic (exact) mass is 311 g/mol. The zero-order chi connectivity index (χ0) is 15.3. The number of halogens is 1. The maximum absolute atomic E-state index is 9.30. The van der Waals surface area contributed by atoms with Gasteiger partial charge in [-0.1, -0.05) is 23.7 Å². The van der Waals surface area contributed by atoms with E-state index in [1.165, 1.54) is 0 Å². The molecule has 0 aliphatic carbocycles. The molecule has 2 rings (SSSR count). The summed E-state index contributed by atoms with van der Waals surface area (Å²) in [5.41, 5.74) is 1.49. The van der Waals surface area contributed by atoms with Crippen molar-refractivity contribution in [2.45, 2.75) is 12.1 Å². The second kappa shape index (κ2) is 7.02. The van der Waals surface area contributed by atoms with Crippen molar-refractivity contribution < 1.29 is 15.3 Å². The highest BCUT2D eigenvalue weighted by Crippen LogP contribution is 2.23. The number of benzene rings is 1. The summed E-state index contributed by atoms with van der Waals surface area (Å²) in [5, 5.41) is 38.5. The third-order valence-corrected chi connectivity index (χ3v) is 3.66. The van der Waals surface area contributed by atoms with Crippen molar-refractivity contribution in [2.24, 2.45) is 0 Å². The minimum Gasteiger partial charge on any atom is -0.394 e. The van der Waals surface area contributed by atoms with Gasteiger partial charge in [-0.25, -0.2) is 0 Å². The Morgan fingerprint density at radius 1 is 1.10 bits per heavy atom. The number of hydrogen-bond donors (Lipinski definition) is 5. The molecule has 1 aromatic carbocycles. The fourth-order valence-corrected chi connectivity index (χ4v) is 2.04. The molecule has 1 aromatic heterocycles. The second-order valence-corrected chi connectivity index (χ2v) is 5.32. The van der Waals surface area contributed by atoms with E-state index in [0.717, 1.165) is 16.8 Å². The molecule has 0 saturated carbocycles. The van der Waals surface area contributed by atoms with Crippen molar-refractivity contribution >= 4 is 11.6 Å². The summed E-state index contributed by atoms with van der Waals surface area (Å²) in [6, 6.07) is 7.32. The molecule has 0 unspecified atom stereocenters. The van der Waals surface area contributed by atoms with Gasteiger partial charge in [-0.15, -0.1) is 0 Å². The molecular formula is C14H18ClN3O3. The molecule has 2 aromatic rings. The van der Waals surface area contributed by atoms with Crippen LogP contribution in [0.15, 0.2) is 30.5 Å². The normalized spacial score (nSPS) is 11.8. The van der Waals surface area contributed by atoms with Crippen molar-refractivity contribution in [3.63, 3.8) is 0 Å². The molecule has 0 amide bonds. The number of nitrogens with one attached hydrogen (secondary N) is 2. The molecule has 0 saturated heterocycles. The fourth-order valence-electron chi connectivity index (χ4n) is 1.91. The van der Waals surface area contributed by atoms with Gasteiger partial charge in [-0.2, -0.15) is 5.10 Å². The van der Waals surface area contributed by atoms with Gasteiger partial charge in [0.1, 0.15) is 0 Å². The Balaban J connectivity index is 2.16. The summed E-state index contributed by atoms with van der Waals surface area (Å²) >= 11 is 5.87. The number of rotatable bonds is 7. The van der Waals surface area contributed by atoms with Crippen LogP contribution in [-0.2, 0) is 6.54 Å². The Bertz CT molecular complexity index is 559. The van der Waals surface area contributed by atoms with Gasteiger partial charge in [0.05, 0.1) is 37.3 Å². The van der Waals surface area contributed by atoms with E-state index in [1.54, 1.807) is 18.3 Å². The zero-order valence-electron chi connectivity index (χ0n) is 11.4. The number of aliphatic hydroxyl groups is 3. The SMILES string of the molecule is OCC(CO)(CO)NCc1cn[nH]c1-c1ccc(Cl)cc1. The number of nitrogens with zero attached hydrogens (tertiary/aromatic N) is 1. The molecule has 0 radical (unpaired) electrons. The lowest BCUT2D eigenvalue weighted by atomic mass is 10.0. The molecule has 0 aliphatic rings. The predicted molar refractivity (Wildman–Crippen MR) is 79.9 cm³/mol. The number of aromatic nitrogens is 2. The second-order valence-electron chi connectivity index (χ2n) is 4.89. The van der Waals surface area contributed by atoms with E-state index in [-0.39, 0.29) is 19.8 Å². The Hall–Kier alpha value is -1.44. The van der Waals surface area contributed by atoms with Crippen LogP contribution in [0.25, 0.3) is 11.3 Å². The van der Waals surface area contributed by atoms with Crippen LogP contribution in [0.1, 0.15) is 5.56 Å². The molecule has 0 atom stereocenters. The van der Waals surface area contributed by atoms with Crippen LogP contribution in [0.5, 0.6) is 0 Å². The van der Waals surface area contributed by atoms with Crippen LogP contribution < -0.4 is 5.32 Å². The maximum Gasteiger partial charge on any atom is 0.0884 e. The van der Waals surface area contributed by atoms with E-state index in [2.05, 4.69) is 15.5 Å². The van der Waals surface area contributed by atoms with Crippen LogP contribution in [0.2, 0.25) is 5.02 Å². The molecule has 6 nitrogen and oxygen atoms in total. The predicted octanol–water partition coefficient (Wildman–Crippen LogP) is 0.535. The lowest BCUT2D eigenvalue weighted by molar-refractivity contribution is 0.0414. The van der Waals surface area contributed by atoms with Crippen LogP contribution in [0.4, 0.5) is 0 Å². The van der Waals surface area contributed by atoms with Gasteiger partial charge in [-0.3, -0.25) is 5.10 Å². The molecule has 1 heterocycles. The average molecular weight is 312 g/mol. The van der Waals surface area contributed by atoms with Gasteiger partial charge in [0, 0.05) is 17.1 Å². The molecule has 114 valence electrons. The Morgan fingerprint density at radius 2 is 1.71 bits per heavy atom. The standard InChI is InChI=1S/C14H18ClN3O3/c15-12-3-1-10(2-4-12)13-11(6-17-18-13)5-16-14(7-19,8-20)9-21/h1-4,6,16,19-21H,5,7-9H2,(H,17,18). The van der Waals surface area contributed by atoms with Crippen molar-refractivity contribution in [2.75, 3.05) is 19.8 Å². The molecular weight excluding hydrogens is 294 g/mol. The number of hydrogen-bond acceptors (Lipinski definition) is 5. The van der Waals surface area contributed by atoms with Crippen LogP contribution >= 0.6 is 11.6 Å². The van der Waals surface area contributed by atoms with E-state index in [4.69, 9.17) is 11.6 Å². The summed E-state index contributed by atoms with van der Waals surface area (Å²) < 4.78 is 0. The minimum atomic E-state index is -1.12. The van der Waals surface area contributed by atoms with Crippen molar-refractivity contribution in [3.05, 3.63) is 41.0 Å². The Kier molecular flexibility index (Phi) is 5.33. The van der Waals surface area contributed by atoms with Crippen molar-refractivity contribution in [1.82, 2.24) is 15.5 Å². The first-order chi connectivity index (χ1) is 10.1. The first kappa shape index (κ1) is 15.9. The van der Waals surface area contributed by atoms with Crippen molar-refractivity contribution in [3.8, 4) is 11.3 Å². The largest absolute Gasteiger partial charge is 0.394 e.